The molecule has 6 nitrogen and oxygen atoms in total. The molecule has 21 heavy (non-hydrogen) atoms. The third-order valence-electron chi connectivity index (χ3n) is 2.91. The smallest absolute Gasteiger partial charge is 0.119 e. The van der Waals surface area contributed by atoms with E-state index in [1.165, 1.54) is 0 Å². The highest BCUT2D eigenvalue weighted by molar-refractivity contribution is 5.46. The van der Waals surface area contributed by atoms with E-state index in [1.54, 1.807) is 6.20 Å². The van der Waals surface area contributed by atoms with Gasteiger partial charge in [0.2, 0.25) is 0 Å². The number of likely N-dealkylation sites (N-methyl/N-ethyl adjacent to an activating group) is 1. The van der Waals surface area contributed by atoms with Gasteiger partial charge in [-0.3, -0.25) is 5.10 Å². The second-order valence-electron chi connectivity index (χ2n) is 5.19. The summed E-state index contributed by atoms with van der Waals surface area (Å²) in [5, 5.41) is 19.8. The number of benzene rings is 1. The minimum absolute atomic E-state index is 0.291. The number of nitrogens with zero attached hydrogens (tertiary/aromatic N) is 2. The van der Waals surface area contributed by atoms with Gasteiger partial charge in [-0.05, 0) is 44.4 Å². The topological polar surface area (TPSA) is 73.4 Å². The molecule has 1 atom stereocenters. The van der Waals surface area contributed by atoms with Crippen molar-refractivity contribution in [3.05, 3.63) is 42.2 Å². The van der Waals surface area contributed by atoms with Gasteiger partial charge in [-0.15, -0.1) is 0 Å². The summed E-state index contributed by atoms with van der Waals surface area (Å²) in [7, 11) is 3.84. The lowest BCUT2D eigenvalue weighted by molar-refractivity contribution is 0.0831. The Balaban J connectivity index is 1.76. The predicted octanol–water partition coefficient (Wildman–Crippen LogP) is 1.32. The Hall–Kier alpha value is -2.05. The molecule has 0 aliphatic heterocycles. The molecule has 0 saturated heterocycles. The molecule has 3 N–H and O–H groups in total. The normalized spacial score (nSPS) is 12.4. The molecule has 1 aromatic heterocycles. The number of aromatic nitrogens is 2. The van der Waals surface area contributed by atoms with Crippen LogP contribution in [0.4, 0.5) is 5.69 Å². The van der Waals surface area contributed by atoms with Crippen molar-refractivity contribution in [1.29, 1.82) is 0 Å². The fraction of sp³-hybridized carbons (Fsp3) is 0.400. The lowest BCUT2D eigenvalue weighted by Crippen LogP contribution is -2.30. The Bertz CT molecular complexity index is 511. The van der Waals surface area contributed by atoms with Gasteiger partial charge in [-0.1, -0.05) is 0 Å². The number of aliphatic hydroxyl groups is 1. The summed E-state index contributed by atoms with van der Waals surface area (Å²) < 4.78 is 5.55. The lowest BCUT2D eigenvalue weighted by atomic mass is 10.3. The molecule has 1 heterocycles. The Morgan fingerprint density at radius 1 is 1.29 bits per heavy atom. The maximum Gasteiger partial charge on any atom is 0.119 e. The number of nitrogens with one attached hydrogen (secondary N) is 2. The average molecular weight is 290 g/mol. The monoisotopic (exact) mass is 290 g/mol. The molecule has 0 bridgehead atoms. The zero-order valence-electron chi connectivity index (χ0n) is 12.4. The van der Waals surface area contributed by atoms with Crippen molar-refractivity contribution in [2.45, 2.75) is 12.6 Å². The van der Waals surface area contributed by atoms with E-state index >= 15 is 0 Å². The van der Waals surface area contributed by atoms with Crippen LogP contribution in [0.1, 0.15) is 5.69 Å². The number of H-pyrrole nitrogens is 1. The van der Waals surface area contributed by atoms with Crippen LogP contribution >= 0.6 is 0 Å². The van der Waals surface area contributed by atoms with Gasteiger partial charge in [0.05, 0.1) is 12.2 Å². The molecule has 114 valence electrons. The van der Waals surface area contributed by atoms with Gasteiger partial charge in [0.25, 0.3) is 0 Å². The molecule has 0 amide bonds. The van der Waals surface area contributed by atoms with Crippen LogP contribution in [0.3, 0.4) is 0 Å². The molecule has 0 spiro atoms. The van der Waals surface area contributed by atoms with Gasteiger partial charge in [0.15, 0.2) is 0 Å². The van der Waals surface area contributed by atoms with E-state index < -0.39 is 6.10 Å². The first-order valence-electron chi connectivity index (χ1n) is 6.91. The quantitative estimate of drug-likeness (QED) is 0.684. The van der Waals surface area contributed by atoms with E-state index in [1.807, 2.05) is 49.3 Å². The molecule has 0 aliphatic carbocycles. The second-order valence-corrected chi connectivity index (χ2v) is 5.19. The summed E-state index contributed by atoms with van der Waals surface area (Å²) in [6, 6.07) is 9.60. The number of aromatic amines is 1. The van der Waals surface area contributed by atoms with Crippen LogP contribution in [0.2, 0.25) is 0 Å². The maximum atomic E-state index is 9.74. The van der Waals surface area contributed by atoms with Crippen LogP contribution in [0, 0.1) is 0 Å². The first-order chi connectivity index (χ1) is 10.1. The van der Waals surface area contributed by atoms with Crippen molar-refractivity contribution in [3.8, 4) is 5.75 Å². The van der Waals surface area contributed by atoms with Crippen molar-refractivity contribution >= 4 is 5.69 Å². The van der Waals surface area contributed by atoms with Crippen LogP contribution in [0.5, 0.6) is 5.75 Å². The molecule has 1 aromatic carbocycles. The van der Waals surface area contributed by atoms with E-state index in [4.69, 9.17) is 4.74 Å². The number of rotatable bonds is 8. The Kier molecular flexibility index (Phi) is 5.59. The summed E-state index contributed by atoms with van der Waals surface area (Å²) in [5.41, 5.74) is 2.04. The molecule has 0 aliphatic rings. The van der Waals surface area contributed by atoms with E-state index in [2.05, 4.69) is 15.5 Å². The maximum absolute atomic E-state index is 9.74. The highest BCUT2D eigenvalue weighted by atomic mass is 16.5. The molecule has 0 fully saturated rings. The summed E-state index contributed by atoms with van der Waals surface area (Å²) in [4.78, 5) is 1.93. The fourth-order valence-corrected chi connectivity index (χ4v) is 1.92. The SMILES string of the molecule is CN(C)CC(O)COc1ccc(NCc2ccn[nH]2)cc1. The van der Waals surface area contributed by atoms with Gasteiger partial charge in [0, 0.05) is 18.4 Å². The van der Waals surface area contributed by atoms with Crippen LogP contribution in [-0.2, 0) is 6.54 Å². The minimum Gasteiger partial charge on any atom is -0.491 e. The van der Waals surface area contributed by atoms with Crippen molar-refractivity contribution in [2.75, 3.05) is 32.6 Å². The van der Waals surface area contributed by atoms with Gasteiger partial charge >= 0.3 is 0 Å². The van der Waals surface area contributed by atoms with Crippen LogP contribution < -0.4 is 10.1 Å². The van der Waals surface area contributed by atoms with E-state index in [9.17, 15) is 5.11 Å². The van der Waals surface area contributed by atoms with Gasteiger partial charge in [0.1, 0.15) is 18.5 Å². The number of hydrogen-bond donors (Lipinski definition) is 3. The minimum atomic E-state index is -0.488. The molecule has 0 saturated carbocycles. The lowest BCUT2D eigenvalue weighted by Gasteiger charge is -2.16. The second kappa shape index (κ2) is 7.66. The molecular formula is C15H22N4O2. The molecule has 1 unspecified atom stereocenters. The zero-order valence-corrected chi connectivity index (χ0v) is 12.4. The number of aliphatic hydroxyl groups excluding tert-OH is 1. The van der Waals surface area contributed by atoms with Crippen molar-refractivity contribution in [1.82, 2.24) is 15.1 Å². The van der Waals surface area contributed by atoms with Crippen LogP contribution in [0.25, 0.3) is 0 Å². The zero-order chi connectivity index (χ0) is 15.1. The van der Waals surface area contributed by atoms with E-state index in [0.29, 0.717) is 19.7 Å². The summed E-state index contributed by atoms with van der Waals surface area (Å²) in [5.74, 6) is 0.750. The molecular weight excluding hydrogens is 268 g/mol. The largest absolute Gasteiger partial charge is 0.491 e. The van der Waals surface area contributed by atoms with Gasteiger partial charge < -0.3 is 20.1 Å². The first-order valence-corrected chi connectivity index (χ1v) is 6.91. The highest BCUT2D eigenvalue weighted by Crippen LogP contribution is 2.16. The predicted molar refractivity (Wildman–Crippen MR) is 82.4 cm³/mol. The van der Waals surface area contributed by atoms with Gasteiger partial charge in [-0.2, -0.15) is 5.10 Å². The summed E-state index contributed by atoms with van der Waals surface area (Å²) in [6.45, 7) is 1.57. The Morgan fingerprint density at radius 3 is 2.67 bits per heavy atom. The highest BCUT2D eigenvalue weighted by Gasteiger charge is 2.06. The summed E-state index contributed by atoms with van der Waals surface area (Å²) in [6.07, 6.45) is 1.24. The van der Waals surface area contributed by atoms with Crippen LogP contribution in [0.15, 0.2) is 36.5 Å². The van der Waals surface area contributed by atoms with Gasteiger partial charge in [-0.25, -0.2) is 0 Å². The molecule has 2 rings (SSSR count). The van der Waals surface area contributed by atoms with Crippen LogP contribution in [-0.4, -0.2) is 53.6 Å². The third kappa shape index (κ3) is 5.45. The number of anilines is 1. The van der Waals surface area contributed by atoms with E-state index in [-0.39, 0.29) is 0 Å². The number of ether oxygens (including phenoxy) is 1. The first kappa shape index (κ1) is 15.3. The van der Waals surface area contributed by atoms with Crippen molar-refractivity contribution in [3.63, 3.8) is 0 Å². The molecule has 0 radical (unpaired) electrons. The Labute approximate surface area is 124 Å². The Morgan fingerprint density at radius 2 is 2.05 bits per heavy atom. The summed E-state index contributed by atoms with van der Waals surface area (Å²) >= 11 is 0. The van der Waals surface area contributed by atoms with Crippen molar-refractivity contribution < 1.29 is 9.84 Å². The van der Waals surface area contributed by atoms with E-state index in [0.717, 1.165) is 17.1 Å². The third-order valence-corrected chi connectivity index (χ3v) is 2.91. The number of hydrogen-bond acceptors (Lipinski definition) is 5. The molecule has 6 heteroatoms. The van der Waals surface area contributed by atoms with Crippen molar-refractivity contribution in [2.24, 2.45) is 0 Å². The molecule has 2 aromatic rings. The standard InChI is InChI=1S/C15H22N4O2/c1-19(2)10-14(20)11-21-15-5-3-12(4-6-15)16-9-13-7-8-17-18-13/h3-8,14,16,20H,9-11H2,1-2H3,(H,17,18). The fourth-order valence-electron chi connectivity index (χ4n) is 1.92. The average Bonchev–Trinajstić information content (AvgIpc) is 2.96.